The number of nitrogens with zero attached hydrogens (tertiary/aromatic N) is 5. The highest BCUT2D eigenvalue weighted by Crippen LogP contribution is 2.26. The summed E-state index contributed by atoms with van der Waals surface area (Å²) in [4.78, 5) is 31.5. The third-order valence-corrected chi connectivity index (χ3v) is 6.30. The lowest BCUT2D eigenvalue weighted by molar-refractivity contribution is -0.132. The molecule has 2 heterocycles. The van der Waals surface area contributed by atoms with E-state index >= 15 is 0 Å². The lowest BCUT2D eigenvalue weighted by Gasteiger charge is -2.36. The summed E-state index contributed by atoms with van der Waals surface area (Å²) in [7, 11) is 0. The van der Waals surface area contributed by atoms with Gasteiger partial charge in [0, 0.05) is 43.3 Å². The third kappa shape index (κ3) is 5.37. The highest BCUT2D eigenvalue weighted by Gasteiger charge is 2.27. The monoisotopic (exact) mass is 477 g/mol. The van der Waals surface area contributed by atoms with E-state index in [1.807, 2.05) is 73.3 Å². The minimum absolute atomic E-state index is 0.0437. The zero-order valence-corrected chi connectivity index (χ0v) is 20.2. The van der Waals surface area contributed by atoms with E-state index in [2.05, 4.69) is 15.1 Å². The smallest absolute Gasteiger partial charge is 0.254 e. The van der Waals surface area contributed by atoms with Gasteiger partial charge in [0.05, 0.1) is 10.7 Å². The van der Waals surface area contributed by atoms with Gasteiger partial charge in [0.15, 0.2) is 5.82 Å². The van der Waals surface area contributed by atoms with E-state index in [0.717, 1.165) is 17.1 Å². The van der Waals surface area contributed by atoms with Crippen LogP contribution in [0.4, 0.5) is 5.82 Å². The zero-order valence-electron chi connectivity index (χ0n) is 19.4. The molecule has 3 aromatic rings. The SMILES string of the molecule is CC(C)N(CC(=O)N1CCN(c2ccc(-c3ccccc3Cl)nn2)CC1)C(=O)c1ccccc1. The van der Waals surface area contributed by atoms with Crippen LogP contribution in [0.1, 0.15) is 24.2 Å². The Morgan fingerprint density at radius 2 is 1.59 bits per heavy atom. The maximum Gasteiger partial charge on any atom is 0.254 e. The number of piperazine rings is 1. The second-order valence-corrected chi connectivity index (χ2v) is 8.92. The maximum atomic E-state index is 13.0. The first-order chi connectivity index (χ1) is 16.4. The molecule has 0 bridgehead atoms. The molecule has 1 aliphatic heterocycles. The normalized spacial score (nSPS) is 13.8. The average Bonchev–Trinajstić information content (AvgIpc) is 2.87. The molecule has 34 heavy (non-hydrogen) atoms. The number of amides is 2. The highest BCUT2D eigenvalue weighted by atomic mass is 35.5. The van der Waals surface area contributed by atoms with Crippen LogP contribution in [0, 0.1) is 0 Å². The highest BCUT2D eigenvalue weighted by molar-refractivity contribution is 6.33. The van der Waals surface area contributed by atoms with E-state index in [-0.39, 0.29) is 24.4 Å². The first kappa shape index (κ1) is 23.7. The number of rotatable bonds is 6. The van der Waals surface area contributed by atoms with Gasteiger partial charge in [0.1, 0.15) is 6.54 Å². The summed E-state index contributed by atoms with van der Waals surface area (Å²) in [6.07, 6.45) is 0. The molecule has 1 fully saturated rings. The molecule has 2 aromatic carbocycles. The molecule has 1 aliphatic rings. The Balaban J connectivity index is 1.35. The van der Waals surface area contributed by atoms with Crippen molar-refractivity contribution in [2.45, 2.75) is 19.9 Å². The Hall–Kier alpha value is -3.45. The number of benzene rings is 2. The lowest BCUT2D eigenvalue weighted by Crippen LogP contribution is -2.53. The molecule has 176 valence electrons. The summed E-state index contributed by atoms with van der Waals surface area (Å²) < 4.78 is 0. The summed E-state index contributed by atoms with van der Waals surface area (Å²) in [5, 5.41) is 9.36. The second kappa shape index (κ2) is 10.7. The minimum Gasteiger partial charge on any atom is -0.352 e. The number of carbonyl (C=O) groups is 2. The van der Waals surface area contributed by atoms with E-state index < -0.39 is 0 Å². The van der Waals surface area contributed by atoms with Crippen LogP contribution in [0.25, 0.3) is 11.3 Å². The molecule has 1 saturated heterocycles. The van der Waals surface area contributed by atoms with Gasteiger partial charge in [0.2, 0.25) is 5.91 Å². The topological polar surface area (TPSA) is 69.6 Å². The Morgan fingerprint density at radius 3 is 2.21 bits per heavy atom. The van der Waals surface area contributed by atoms with Crippen molar-refractivity contribution in [3.63, 3.8) is 0 Å². The Bertz CT molecular complexity index is 1130. The van der Waals surface area contributed by atoms with E-state index in [1.54, 1.807) is 17.0 Å². The Labute approximate surface area is 205 Å². The van der Waals surface area contributed by atoms with E-state index in [0.29, 0.717) is 36.8 Å². The molecule has 4 rings (SSSR count). The number of carbonyl (C=O) groups excluding carboxylic acids is 2. The second-order valence-electron chi connectivity index (χ2n) is 8.52. The van der Waals surface area contributed by atoms with Crippen molar-refractivity contribution < 1.29 is 9.59 Å². The summed E-state index contributed by atoms with van der Waals surface area (Å²) in [5.74, 6) is 0.597. The summed E-state index contributed by atoms with van der Waals surface area (Å²) in [6.45, 7) is 6.36. The maximum absolute atomic E-state index is 13.0. The summed E-state index contributed by atoms with van der Waals surface area (Å²) in [6, 6.07) is 20.4. The van der Waals surface area contributed by atoms with E-state index in [9.17, 15) is 9.59 Å². The van der Waals surface area contributed by atoms with Crippen LogP contribution in [0.3, 0.4) is 0 Å². The largest absolute Gasteiger partial charge is 0.352 e. The Morgan fingerprint density at radius 1 is 0.912 bits per heavy atom. The van der Waals surface area contributed by atoms with Crippen molar-refractivity contribution in [1.82, 2.24) is 20.0 Å². The van der Waals surface area contributed by atoms with Crippen molar-refractivity contribution in [1.29, 1.82) is 0 Å². The van der Waals surface area contributed by atoms with Gasteiger partial charge in [-0.1, -0.05) is 48.0 Å². The molecule has 7 nitrogen and oxygen atoms in total. The molecule has 0 atom stereocenters. The van der Waals surface area contributed by atoms with E-state index in [4.69, 9.17) is 11.6 Å². The fourth-order valence-corrected chi connectivity index (χ4v) is 4.21. The first-order valence-electron chi connectivity index (χ1n) is 11.4. The van der Waals surface area contributed by atoms with Crippen LogP contribution < -0.4 is 4.90 Å². The van der Waals surface area contributed by atoms with Gasteiger partial charge < -0.3 is 14.7 Å². The number of anilines is 1. The number of hydrogen-bond acceptors (Lipinski definition) is 5. The lowest BCUT2D eigenvalue weighted by atomic mass is 10.1. The number of halogens is 1. The average molecular weight is 478 g/mol. The van der Waals surface area contributed by atoms with Crippen LogP contribution in [-0.4, -0.2) is 70.6 Å². The molecule has 0 unspecified atom stereocenters. The van der Waals surface area contributed by atoms with Crippen molar-refractivity contribution in [2.75, 3.05) is 37.6 Å². The van der Waals surface area contributed by atoms with Crippen LogP contribution in [0.2, 0.25) is 5.02 Å². The number of hydrogen-bond donors (Lipinski definition) is 0. The van der Waals surface area contributed by atoms with Crippen LogP contribution in [0.5, 0.6) is 0 Å². The van der Waals surface area contributed by atoms with Gasteiger partial charge in [-0.3, -0.25) is 9.59 Å². The molecule has 0 spiro atoms. The van der Waals surface area contributed by atoms with Crippen molar-refractivity contribution >= 4 is 29.2 Å². The van der Waals surface area contributed by atoms with Crippen molar-refractivity contribution in [3.8, 4) is 11.3 Å². The van der Waals surface area contributed by atoms with Gasteiger partial charge in [-0.25, -0.2) is 0 Å². The van der Waals surface area contributed by atoms with Crippen LogP contribution in [0.15, 0.2) is 66.7 Å². The van der Waals surface area contributed by atoms with Crippen LogP contribution >= 0.6 is 11.6 Å². The predicted octanol–water partition coefficient (Wildman–Crippen LogP) is 4.00. The predicted molar refractivity (Wildman–Crippen MR) is 134 cm³/mol. The minimum atomic E-state index is -0.128. The fraction of sp³-hybridized carbons (Fsp3) is 0.308. The molecule has 0 N–H and O–H groups in total. The summed E-state index contributed by atoms with van der Waals surface area (Å²) in [5.41, 5.74) is 2.16. The van der Waals surface area contributed by atoms with E-state index in [1.165, 1.54) is 0 Å². The third-order valence-electron chi connectivity index (χ3n) is 5.97. The molecule has 8 heteroatoms. The van der Waals surface area contributed by atoms with Crippen molar-refractivity contribution in [2.24, 2.45) is 0 Å². The van der Waals surface area contributed by atoms with Crippen LogP contribution in [-0.2, 0) is 4.79 Å². The first-order valence-corrected chi connectivity index (χ1v) is 11.8. The van der Waals surface area contributed by atoms with Gasteiger partial charge in [0.25, 0.3) is 5.91 Å². The molecule has 0 radical (unpaired) electrons. The molecule has 0 aliphatic carbocycles. The quantitative estimate of drug-likeness (QED) is 0.536. The van der Waals surface area contributed by atoms with Gasteiger partial charge >= 0.3 is 0 Å². The standard InChI is InChI=1S/C26H28ClN5O2/c1-19(2)32(26(34)20-8-4-3-5-9-20)18-25(33)31-16-14-30(15-17-31)24-13-12-23(28-29-24)21-10-6-7-11-22(21)27/h3-13,19H,14-18H2,1-2H3. The zero-order chi connectivity index (χ0) is 24.1. The van der Waals surface area contributed by atoms with Crippen molar-refractivity contribution in [3.05, 3.63) is 77.3 Å². The van der Waals surface area contributed by atoms with Gasteiger partial charge in [-0.2, -0.15) is 0 Å². The molecule has 2 amide bonds. The fourth-order valence-electron chi connectivity index (χ4n) is 3.97. The molecule has 0 saturated carbocycles. The molecular formula is C26H28ClN5O2. The van der Waals surface area contributed by atoms with Gasteiger partial charge in [-0.05, 0) is 44.2 Å². The molecule has 1 aromatic heterocycles. The molecular weight excluding hydrogens is 450 g/mol. The number of aromatic nitrogens is 2. The Kier molecular flexibility index (Phi) is 7.43. The van der Waals surface area contributed by atoms with Gasteiger partial charge in [-0.15, -0.1) is 10.2 Å². The summed E-state index contributed by atoms with van der Waals surface area (Å²) >= 11 is 6.26.